The van der Waals surface area contributed by atoms with Gasteiger partial charge in [0, 0.05) is 20.4 Å². The van der Waals surface area contributed by atoms with Crippen molar-refractivity contribution in [3.63, 3.8) is 0 Å². The smallest absolute Gasteiger partial charge is 0.338 e. The second kappa shape index (κ2) is 6.71. The number of rotatable bonds is 5. The molecule has 7 heteroatoms. The molecular weight excluding hydrogens is 292 g/mol. The molecule has 0 amide bonds. The van der Waals surface area contributed by atoms with Crippen molar-refractivity contribution in [1.29, 1.82) is 0 Å². The normalized spacial score (nSPS) is 11.7. The van der Waals surface area contributed by atoms with Crippen molar-refractivity contribution >= 4 is 27.8 Å². The summed E-state index contributed by atoms with van der Waals surface area (Å²) in [5.41, 5.74) is 1.06. The predicted molar refractivity (Wildman–Crippen MR) is 82.1 cm³/mol. The fraction of sp³-hybridized carbons (Fsp3) is 0.429. The zero-order valence-electron chi connectivity index (χ0n) is 12.9. The fourth-order valence-corrected chi connectivity index (χ4v) is 2.61. The average molecular weight is 312 g/mol. The van der Waals surface area contributed by atoms with Crippen molar-refractivity contribution in [2.45, 2.75) is 18.7 Å². The van der Waals surface area contributed by atoms with E-state index in [1.165, 1.54) is 18.5 Å². The third-order valence-corrected chi connectivity index (χ3v) is 3.83. The van der Waals surface area contributed by atoms with E-state index in [1.54, 1.807) is 32.8 Å². The Kier molecular flexibility index (Phi) is 5.48. The minimum atomic E-state index is -3.44. The van der Waals surface area contributed by atoms with Gasteiger partial charge in [-0.2, -0.15) is 0 Å². The van der Waals surface area contributed by atoms with E-state index in [-0.39, 0.29) is 17.2 Å². The molecule has 0 atom stereocenters. The van der Waals surface area contributed by atoms with Gasteiger partial charge in [-0.3, -0.25) is 0 Å². The summed E-state index contributed by atoms with van der Waals surface area (Å²) in [6.45, 7) is 3.62. The maximum atomic E-state index is 11.9. The Balaban J connectivity index is 3.52. The fourth-order valence-electron chi connectivity index (χ4n) is 1.74. The van der Waals surface area contributed by atoms with E-state index >= 15 is 0 Å². The summed E-state index contributed by atoms with van der Waals surface area (Å²) in [5.74, 6) is -0.489. The van der Waals surface area contributed by atoms with Gasteiger partial charge in [-0.25, -0.2) is 18.2 Å². The largest absolute Gasteiger partial charge is 0.462 e. The summed E-state index contributed by atoms with van der Waals surface area (Å²) in [4.78, 5) is 17.8. The van der Waals surface area contributed by atoms with Crippen LogP contribution in [0.25, 0.3) is 0 Å². The molecule has 0 saturated heterocycles. The van der Waals surface area contributed by atoms with Gasteiger partial charge in [-0.1, -0.05) is 0 Å². The van der Waals surface area contributed by atoms with E-state index in [0.29, 0.717) is 11.1 Å². The van der Waals surface area contributed by atoms with E-state index < -0.39 is 15.8 Å². The topological polar surface area (TPSA) is 76.0 Å². The third-order valence-electron chi connectivity index (χ3n) is 2.71. The first-order valence-electron chi connectivity index (χ1n) is 6.39. The van der Waals surface area contributed by atoms with Crippen molar-refractivity contribution in [2.24, 2.45) is 4.99 Å². The number of sulfone groups is 1. The van der Waals surface area contributed by atoms with Gasteiger partial charge in [0.25, 0.3) is 0 Å². The summed E-state index contributed by atoms with van der Waals surface area (Å²) in [6.07, 6.45) is 2.60. The maximum Gasteiger partial charge on any atom is 0.338 e. The van der Waals surface area contributed by atoms with Crippen LogP contribution in [0.5, 0.6) is 0 Å². The summed E-state index contributed by atoms with van der Waals surface area (Å²) in [5, 5.41) is 0. The van der Waals surface area contributed by atoms with Crippen LogP contribution in [-0.4, -0.2) is 52.6 Å². The number of aliphatic imine (C=N–C) groups is 1. The molecule has 0 N–H and O–H groups in total. The summed E-state index contributed by atoms with van der Waals surface area (Å²) >= 11 is 0. The van der Waals surface area contributed by atoms with Gasteiger partial charge in [0.05, 0.1) is 29.1 Å². The first-order valence-corrected chi connectivity index (χ1v) is 8.29. The van der Waals surface area contributed by atoms with Crippen LogP contribution in [0.4, 0.5) is 5.69 Å². The third kappa shape index (κ3) is 4.29. The number of hydrogen-bond donors (Lipinski definition) is 0. The standard InChI is InChI=1S/C14H20N2O4S/c1-6-20-14(17)11-7-8-12(21(5,18)19)13(10(11)2)15-9-16(3)4/h7-9H,6H2,1-5H3/b15-9+. The molecule has 0 aliphatic heterocycles. The van der Waals surface area contributed by atoms with Gasteiger partial charge < -0.3 is 9.64 Å². The van der Waals surface area contributed by atoms with Crippen molar-refractivity contribution in [3.05, 3.63) is 23.3 Å². The van der Waals surface area contributed by atoms with E-state index in [9.17, 15) is 13.2 Å². The molecule has 0 bridgehead atoms. The minimum Gasteiger partial charge on any atom is -0.462 e. The monoisotopic (exact) mass is 312 g/mol. The molecule has 0 heterocycles. The highest BCUT2D eigenvalue weighted by Crippen LogP contribution is 2.31. The Morgan fingerprint density at radius 3 is 2.48 bits per heavy atom. The van der Waals surface area contributed by atoms with Gasteiger partial charge >= 0.3 is 5.97 Å². The molecule has 0 radical (unpaired) electrons. The second-order valence-corrected chi connectivity index (χ2v) is 6.77. The Morgan fingerprint density at radius 1 is 1.38 bits per heavy atom. The van der Waals surface area contributed by atoms with E-state index in [0.717, 1.165) is 6.26 Å². The molecule has 0 aromatic heterocycles. The van der Waals surface area contributed by atoms with Crippen LogP contribution in [-0.2, 0) is 14.6 Å². The van der Waals surface area contributed by atoms with E-state index in [4.69, 9.17) is 4.74 Å². The minimum absolute atomic E-state index is 0.0890. The lowest BCUT2D eigenvalue weighted by molar-refractivity contribution is 0.0525. The van der Waals surface area contributed by atoms with Gasteiger partial charge in [0.1, 0.15) is 0 Å². The zero-order valence-corrected chi connectivity index (χ0v) is 13.7. The highest BCUT2D eigenvalue weighted by Gasteiger charge is 2.20. The Labute approximate surface area is 125 Å². The predicted octanol–water partition coefficient (Wildman–Crippen LogP) is 1.80. The molecular formula is C14H20N2O4S. The van der Waals surface area contributed by atoms with Crippen LogP contribution < -0.4 is 0 Å². The van der Waals surface area contributed by atoms with Crippen LogP contribution in [0.15, 0.2) is 22.0 Å². The first-order chi connectivity index (χ1) is 9.68. The lowest BCUT2D eigenvalue weighted by Crippen LogP contribution is -2.10. The lowest BCUT2D eigenvalue weighted by Gasteiger charge is -2.12. The van der Waals surface area contributed by atoms with Gasteiger partial charge in [0.15, 0.2) is 9.84 Å². The van der Waals surface area contributed by atoms with Gasteiger partial charge in [-0.05, 0) is 31.5 Å². The van der Waals surface area contributed by atoms with Crippen molar-refractivity contribution in [3.8, 4) is 0 Å². The van der Waals surface area contributed by atoms with Crippen LogP contribution in [0.3, 0.4) is 0 Å². The highest BCUT2D eigenvalue weighted by molar-refractivity contribution is 7.90. The van der Waals surface area contributed by atoms with Gasteiger partial charge in [-0.15, -0.1) is 0 Å². The Morgan fingerprint density at radius 2 is 2.00 bits per heavy atom. The molecule has 0 unspecified atom stereocenters. The number of carbonyl (C=O) groups is 1. The molecule has 0 spiro atoms. The number of ether oxygens (including phenoxy) is 1. The van der Waals surface area contributed by atoms with Crippen molar-refractivity contribution in [2.75, 3.05) is 27.0 Å². The van der Waals surface area contributed by atoms with Gasteiger partial charge in [0.2, 0.25) is 0 Å². The summed E-state index contributed by atoms with van der Waals surface area (Å²) in [6, 6.07) is 2.84. The average Bonchev–Trinajstić information content (AvgIpc) is 2.35. The Bertz CT molecular complexity index is 664. The van der Waals surface area contributed by atoms with Crippen LogP contribution in [0.1, 0.15) is 22.8 Å². The molecule has 21 heavy (non-hydrogen) atoms. The van der Waals surface area contributed by atoms with Crippen molar-refractivity contribution in [1.82, 2.24) is 4.90 Å². The van der Waals surface area contributed by atoms with Crippen LogP contribution >= 0.6 is 0 Å². The number of esters is 1. The molecule has 0 saturated carbocycles. The van der Waals surface area contributed by atoms with E-state index in [2.05, 4.69) is 4.99 Å². The molecule has 6 nitrogen and oxygen atoms in total. The maximum absolute atomic E-state index is 11.9. The molecule has 0 aliphatic carbocycles. The van der Waals surface area contributed by atoms with Crippen LogP contribution in [0, 0.1) is 6.92 Å². The molecule has 1 aromatic carbocycles. The molecule has 0 fully saturated rings. The lowest BCUT2D eigenvalue weighted by atomic mass is 10.1. The van der Waals surface area contributed by atoms with Crippen molar-refractivity contribution < 1.29 is 17.9 Å². The number of nitrogens with zero attached hydrogens (tertiary/aromatic N) is 2. The summed E-state index contributed by atoms with van der Waals surface area (Å²) in [7, 11) is 0.101. The molecule has 1 rings (SSSR count). The number of benzene rings is 1. The molecule has 116 valence electrons. The molecule has 0 aliphatic rings. The SMILES string of the molecule is CCOC(=O)c1ccc(S(C)(=O)=O)c(/N=C/N(C)C)c1C. The second-order valence-electron chi connectivity index (χ2n) is 4.79. The zero-order chi connectivity index (χ0) is 16.2. The number of carbonyl (C=O) groups excluding carboxylic acids is 1. The summed E-state index contributed by atoms with van der Waals surface area (Å²) < 4.78 is 28.7. The van der Waals surface area contributed by atoms with E-state index in [1.807, 2.05) is 0 Å². The quantitative estimate of drug-likeness (QED) is 0.471. The molecule has 1 aromatic rings. The first kappa shape index (κ1) is 17.2. The Hall–Kier alpha value is -1.89. The number of hydrogen-bond acceptors (Lipinski definition) is 5. The van der Waals surface area contributed by atoms with Crippen LogP contribution in [0.2, 0.25) is 0 Å². The highest BCUT2D eigenvalue weighted by atomic mass is 32.2.